The summed E-state index contributed by atoms with van der Waals surface area (Å²) in [6.45, 7) is 6.64. The summed E-state index contributed by atoms with van der Waals surface area (Å²) in [5.74, 6) is -0.00659. The Morgan fingerprint density at radius 1 is 1.19 bits per heavy atom. The van der Waals surface area contributed by atoms with Crippen LogP contribution >= 0.6 is 0 Å². The third-order valence-corrected chi connectivity index (χ3v) is 7.53. The number of carbonyl (C=O) groups excluding carboxylic acids is 1. The molecule has 1 amide bonds. The first-order valence-corrected chi connectivity index (χ1v) is 12.0. The summed E-state index contributed by atoms with van der Waals surface area (Å²) in [6.07, 6.45) is 0.911. The van der Waals surface area contributed by atoms with Crippen molar-refractivity contribution in [1.29, 1.82) is 0 Å². The van der Waals surface area contributed by atoms with E-state index in [1.807, 2.05) is 20.8 Å². The number of amides is 1. The van der Waals surface area contributed by atoms with Gasteiger partial charge in [-0.1, -0.05) is 12.1 Å². The standard InChI is InChI=1S/C23H29FN2O4S/c1-4-30-22-10-9-21(15-16(22)2)31(28,29)26-13-11-19(12-14-26)23(27)25-17(3)18-5-7-20(24)8-6-18/h5-10,15,17,19H,4,11-14H2,1-3H3,(H,25,27). The molecule has 8 heteroatoms. The van der Waals surface area contributed by atoms with Crippen molar-refractivity contribution in [2.24, 2.45) is 5.92 Å². The van der Waals surface area contributed by atoms with Crippen LogP contribution in [0, 0.1) is 18.7 Å². The number of ether oxygens (including phenoxy) is 1. The summed E-state index contributed by atoms with van der Waals surface area (Å²) in [7, 11) is -3.62. The topological polar surface area (TPSA) is 75.7 Å². The Hall–Kier alpha value is -2.45. The van der Waals surface area contributed by atoms with E-state index in [0.717, 1.165) is 11.1 Å². The molecule has 168 valence electrons. The van der Waals surface area contributed by atoms with Gasteiger partial charge in [0.1, 0.15) is 11.6 Å². The quantitative estimate of drug-likeness (QED) is 0.699. The molecule has 0 aliphatic carbocycles. The van der Waals surface area contributed by atoms with Crippen LogP contribution in [0.2, 0.25) is 0 Å². The molecule has 31 heavy (non-hydrogen) atoms. The van der Waals surface area contributed by atoms with Crippen LogP contribution in [0.25, 0.3) is 0 Å². The zero-order valence-corrected chi connectivity index (χ0v) is 18.9. The summed E-state index contributed by atoms with van der Waals surface area (Å²) in [6, 6.07) is 10.7. The van der Waals surface area contributed by atoms with Gasteiger partial charge in [0.05, 0.1) is 17.5 Å². The van der Waals surface area contributed by atoms with E-state index in [-0.39, 0.29) is 41.7 Å². The van der Waals surface area contributed by atoms with Crippen LogP contribution in [0.4, 0.5) is 4.39 Å². The van der Waals surface area contributed by atoms with Gasteiger partial charge >= 0.3 is 0 Å². The van der Waals surface area contributed by atoms with Gasteiger partial charge in [-0.25, -0.2) is 12.8 Å². The van der Waals surface area contributed by atoms with Crippen LogP contribution < -0.4 is 10.1 Å². The first kappa shape index (κ1) is 23.2. The molecule has 1 N–H and O–H groups in total. The molecule has 1 aliphatic heterocycles. The number of aryl methyl sites for hydroxylation is 1. The fourth-order valence-electron chi connectivity index (χ4n) is 3.77. The van der Waals surface area contributed by atoms with Gasteiger partial charge in [-0.05, 0) is 75.1 Å². The van der Waals surface area contributed by atoms with E-state index >= 15 is 0 Å². The molecule has 0 radical (unpaired) electrons. The Kier molecular flexibility index (Phi) is 7.33. The lowest BCUT2D eigenvalue weighted by Gasteiger charge is -2.31. The zero-order valence-electron chi connectivity index (χ0n) is 18.1. The predicted octanol–water partition coefficient (Wildman–Crippen LogP) is 3.81. The third-order valence-electron chi connectivity index (χ3n) is 5.64. The lowest BCUT2D eigenvalue weighted by atomic mass is 9.96. The maximum Gasteiger partial charge on any atom is 0.243 e. The van der Waals surface area contributed by atoms with Crippen molar-refractivity contribution in [3.8, 4) is 5.75 Å². The zero-order chi connectivity index (χ0) is 22.6. The number of nitrogens with one attached hydrogen (secondary N) is 1. The molecule has 1 atom stereocenters. The van der Waals surface area contributed by atoms with Gasteiger partial charge < -0.3 is 10.1 Å². The van der Waals surface area contributed by atoms with E-state index in [9.17, 15) is 17.6 Å². The van der Waals surface area contributed by atoms with Crippen molar-refractivity contribution in [3.05, 3.63) is 59.4 Å². The van der Waals surface area contributed by atoms with Crippen LogP contribution in [-0.2, 0) is 14.8 Å². The van der Waals surface area contributed by atoms with E-state index in [4.69, 9.17) is 4.74 Å². The normalized spacial score (nSPS) is 16.6. The van der Waals surface area contributed by atoms with Crippen LogP contribution in [0.15, 0.2) is 47.4 Å². The molecule has 6 nitrogen and oxygen atoms in total. The minimum Gasteiger partial charge on any atom is -0.494 e. The number of carbonyl (C=O) groups is 1. The summed E-state index contributed by atoms with van der Waals surface area (Å²) in [5.41, 5.74) is 1.59. The Morgan fingerprint density at radius 2 is 1.84 bits per heavy atom. The maximum absolute atomic E-state index is 13.1. The Labute approximate surface area is 183 Å². The van der Waals surface area contributed by atoms with Crippen molar-refractivity contribution in [2.45, 2.75) is 44.6 Å². The van der Waals surface area contributed by atoms with Gasteiger partial charge in [0.2, 0.25) is 15.9 Å². The minimum atomic E-state index is -3.62. The highest BCUT2D eigenvalue weighted by atomic mass is 32.2. The van der Waals surface area contributed by atoms with Crippen LogP contribution in [0.1, 0.15) is 43.9 Å². The smallest absolute Gasteiger partial charge is 0.243 e. The van der Waals surface area contributed by atoms with Gasteiger partial charge in [0.15, 0.2) is 0 Å². The summed E-state index contributed by atoms with van der Waals surface area (Å²) in [5, 5.41) is 2.95. The summed E-state index contributed by atoms with van der Waals surface area (Å²) in [4.78, 5) is 12.9. The molecular weight excluding hydrogens is 419 g/mol. The van der Waals surface area contributed by atoms with Gasteiger partial charge in [-0.2, -0.15) is 4.31 Å². The van der Waals surface area contributed by atoms with Gasteiger partial charge in [0, 0.05) is 19.0 Å². The first-order chi connectivity index (χ1) is 14.7. The molecule has 2 aromatic carbocycles. The Balaban J connectivity index is 1.59. The molecule has 1 unspecified atom stereocenters. The SMILES string of the molecule is CCOc1ccc(S(=O)(=O)N2CCC(C(=O)NC(C)c3ccc(F)cc3)CC2)cc1C. The molecule has 0 bridgehead atoms. The van der Waals surface area contributed by atoms with E-state index in [0.29, 0.717) is 25.2 Å². The van der Waals surface area contributed by atoms with Crippen molar-refractivity contribution in [1.82, 2.24) is 9.62 Å². The number of nitrogens with zero attached hydrogens (tertiary/aromatic N) is 1. The van der Waals surface area contributed by atoms with E-state index < -0.39 is 10.0 Å². The average molecular weight is 449 g/mol. The molecule has 1 fully saturated rings. The Bertz CT molecular complexity index is 1020. The molecule has 1 saturated heterocycles. The fourth-order valence-corrected chi connectivity index (χ4v) is 5.33. The highest BCUT2D eigenvalue weighted by Crippen LogP contribution is 2.28. The molecule has 1 heterocycles. The first-order valence-electron chi connectivity index (χ1n) is 10.5. The molecular formula is C23H29FN2O4S. The number of sulfonamides is 1. The second-order valence-electron chi connectivity index (χ2n) is 7.82. The van der Waals surface area contributed by atoms with Gasteiger partial charge in [0.25, 0.3) is 0 Å². The number of rotatable bonds is 7. The Morgan fingerprint density at radius 3 is 2.42 bits per heavy atom. The minimum absolute atomic E-state index is 0.106. The number of piperidine rings is 1. The van der Waals surface area contributed by atoms with Crippen molar-refractivity contribution in [3.63, 3.8) is 0 Å². The van der Waals surface area contributed by atoms with Gasteiger partial charge in [-0.3, -0.25) is 4.79 Å². The van der Waals surface area contributed by atoms with Crippen molar-refractivity contribution >= 4 is 15.9 Å². The van der Waals surface area contributed by atoms with Crippen LogP contribution in [0.3, 0.4) is 0 Å². The molecule has 3 rings (SSSR count). The highest BCUT2D eigenvalue weighted by molar-refractivity contribution is 7.89. The van der Waals surface area contributed by atoms with E-state index in [2.05, 4.69) is 5.32 Å². The number of hydrogen-bond donors (Lipinski definition) is 1. The van der Waals surface area contributed by atoms with Crippen molar-refractivity contribution < 1.29 is 22.3 Å². The fraction of sp³-hybridized carbons (Fsp3) is 0.435. The lowest BCUT2D eigenvalue weighted by molar-refractivity contribution is -0.126. The lowest BCUT2D eigenvalue weighted by Crippen LogP contribution is -2.43. The average Bonchev–Trinajstić information content (AvgIpc) is 2.75. The van der Waals surface area contributed by atoms with Crippen LogP contribution in [0.5, 0.6) is 5.75 Å². The molecule has 0 aromatic heterocycles. The second-order valence-corrected chi connectivity index (χ2v) is 9.76. The van der Waals surface area contributed by atoms with Crippen molar-refractivity contribution in [2.75, 3.05) is 19.7 Å². The number of hydrogen-bond acceptors (Lipinski definition) is 4. The third kappa shape index (κ3) is 5.43. The second kappa shape index (κ2) is 9.78. The molecule has 1 aliphatic rings. The van der Waals surface area contributed by atoms with E-state index in [1.165, 1.54) is 16.4 Å². The van der Waals surface area contributed by atoms with E-state index in [1.54, 1.807) is 30.3 Å². The van der Waals surface area contributed by atoms with Gasteiger partial charge in [-0.15, -0.1) is 0 Å². The summed E-state index contributed by atoms with van der Waals surface area (Å²) >= 11 is 0. The number of halogens is 1. The largest absolute Gasteiger partial charge is 0.494 e. The molecule has 2 aromatic rings. The molecule has 0 saturated carbocycles. The monoisotopic (exact) mass is 448 g/mol. The summed E-state index contributed by atoms with van der Waals surface area (Å²) < 4.78 is 46.1. The molecule has 0 spiro atoms. The highest BCUT2D eigenvalue weighted by Gasteiger charge is 2.32. The maximum atomic E-state index is 13.1. The predicted molar refractivity (Wildman–Crippen MR) is 117 cm³/mol. The van der Waals surface area contributed by atoms with Crippen LogP contribution in [-0.4, -0.2) is 38.3 Å². The number of benzene rings is 2.